The maximum Gasteiger partial charge on any atom is 0.255 e. The van der Waals surface area contributed by atoms with Crippen LogP contribution in [0.1, 0.15) is 10.4 Å². The number of hydrogen-bond acceptors (Lipinski definition) is 3. The number of nitrogens with two attached hydrogens (primary N) is 1. The van der Waals surface area contributed by atoms with Gasteiger partial charge in [-0.2, -0.15) is 0 Å². The van der Waals surface area contributed by atoms with Gasteiger partial charge in [-0.15, -0.1) is 0 Å². The minimum Gasteiger partial charge on any atom is -0.506 e. The first-order valence-electron chi connectivity index (χ1n) is 5.33. The van der Waals surface area contributed by atoms with Crippen LogP contribution >= 0.6 is 23.2 Å². The minimum absolute atomic E-state index is 0.0245. The largest absolute Gasteiger partial charge is 0.506 e. The molecule has 6 heteroatoms. The van der Waals surface area contributed by atoms with Gasteiger partial charge in [0.1, 0.15) is 5.75 Å². The summed E-state index contributed by atoms with van der Waals surface area (Å²) in [5, 5.41) is 12.5. The van der Waals surface area contributed by atoms with E-state index in [2.05, 4.69) is 5.32 Å². The Morgan fingerprint density at radius 1 is 1.16 bits per heavy atom. The van der Waals surface area contributed by atoms with Gasteiger partial charge in [0.2, 0.25) is 0 Å². The van der Waals surface area contributed by atoms with Gasteiger partial charge in [0.15, 0.2) is 0 Å². The number of anilines is 2. The van der Waals surface area contributed by atoms with Gasteiger partial charge in [0, 0.05) is 5.56 Å². The summed E-state index contributed by atoms with van der Waals surface area (Å²) >= 11 is 11.7. The van der Waals surface area contributed by atoms with Crippen molar-refractivity contribution in [3.63, 3.8) is 0 Å². The number of phenols is 1. The molecule has 0 saturated heterocycles. The summed E-state index contributed by atoms with van der Waals surface area (Å²) in [4.78, 5) is 12.0. The number of hydrogen-bond donors (Lipinski definition) is 3. The summed E-state index contributed by atoms with van der Waals surface area (Å²) in [6.07, 6.45) is 0. The number of aromatic hydroxyl groups is 1. The monoisotopic (exact) mass is 296 g/mol. The minimum atomic E-state index is -0.440. The molecule has 0 aliphatic heterocycles. The first-order chi connectivity index (χ1) is 8.99. The molecule has 0 spiro atoms. The smallest absolute Gasteiger partial charge is 0.255 e. The summed E-state index contributed by atoms with van der Waals surface area (Å²) in [7, 11) is 0. The Balaban J connectivity index is 2.28. The molecule has 2 aromatic carbocycles. The van der Waals surface area contributed by atoms with Crippen LogP contribution in [0.25, 0.3) is 0 Å². The molecule has 0 bridgehead atoms. The van der Waals surface area contributed by atoms with Gasteiger partial charge < -0.3 is 16.2 Å². The summed E-state index contributed by atoms with van der Waals surface area (Å²) in [6.45, 7) is 0. The van der Waals surface area contributed by atoms with E-state index in [4.69, 9.17) is 28.9 Å². The molecule has 2 rings (SSSR count). The molecule has 1 amide bonds. The van der Waals surface area contributed by atoms with Crippen LogP contribution in [-0.4, -0.2) is 11.0 Å². The predicted molar refractivity (Wildman–Crippen MR) is 76.9 cm³/mol. The lowest BCUT2D eigenvalue weighted by atomic mass is 10.2. The number of benzene rings is 2. The average Bonchev–Trinajstić information content (AvgIpc) is 2.38. The molecule has 0 aromatic heterocycles. The predicted octanol–water partition coefficient (Wildman–Crippen LogP) is 3.53. The third-order valence-electron chi connectivity index (χ3n) is 2.49. The van der Waals surface area contributed by atoms with E-state index < -0.39 is 5.91 Å². The number of halogens is 2. The van der Waals surface area contributed by atoms with E-state index in [1.54, 1.807) is 18.2 Å². The summed E-state index contributed by atoms with van der Waals surface area (Å²) in [5.74, 6) is -0.464. The SMILES string of the molecule is Nc1c(Cl)cc(C(=O)Nc2ccccc2O)cc1Cl. The van der Waals surface area contributed by atoms with E-state index in [-0.39, 0.29) is 27.0 Å². The second kappa shape index (κ2) is 5.38. The maximum absolute atomic E-state index is 12.0. The normalized spacial score (nSPS) is 10.2. The number of carbonyl (C=O) groups excluding carboxylic acids is 1. The van der Waals surface area contributed by atoms with Crippen molar-refractivity contribution in [1.29, 1.82) is 0 Å². The highest BCUT2D eigenvalue weighted by atomic mass is 35.5. The Hall–Kier alpha value is -1.91. The van der Waals surface area contributed by atoms with Gasteiger partial charge in [-0.25, -0.2) is 0 Å². The Morgan fingerprint density at radius 3 is 2.32 bits per heavy atom. The zero-order valence-electron chi connectivity index (χ0n) is 9.65. The van der Waals surface area contributed by atoms with Crippen LogP contribution in [0, 0.1) is 0 Å². The number of phenolic OH excluding ortho intramolecular Hbond substituents is 1. The van der Waals surface area contributed by atoms with Gasteiger partial charge in [-0.3, -0.25) is 4.79 Å². The molecular formula is C13H10Cl2N2O2. The summed E-state index contributed by atoms with van der Waals surface area (Å²) < 4.78 is 0. The molecule has 19 heavy (non-hydrogen) atoms. The Morgan fingerprint density at radius 2 is 1.74 bits per heavy atom. The zero-order valence-corrected chi connectivity index (χ0v) is 11.2. The number of amides is 1. The highest BCUT2D eigenvalue weighted by molar-refractivity contribution is 6.39. The van der Waals surface area contributed by atoms with Crippen LogP contribution in [0.2, 0.25) is 10.0 Å². The molecule has 4 nitrogen and oxygen atoms in total. The fourth-order valence-electron chi connectivity index (χ4n) is 1.49. The molecular weight excluding hydrogens is 287 g/mol. The molecule has 98 valence electrons. The molecule has 0 radical (unpaired) electrons. The van der Waals surface area contributed by atoms with Crippen LogP contribution in [0.4, 0.5) is 11.4 Å². The second-order valence-corrected chi connectivity index (χ2v) is 4.64. The van der Waals surface area contributed by atoms with Gasteiger partial charge in [-0.05, 0) is 24.3 Å². The van der Waals surface area contributed by atoms with Crippen LogP contribution < -0.4 is 11.1 Å². The second-order valence-electron chi connectivity index (χ2n) is 3.82. The third-order valence-corrected chi connectivity index (χ3v) is 3.12. The lowest BCUT2D eigenvalue weighted by Crippen LogP contribution is -2.12. The average molecular weight is 297 g/mol. The molecule has 0 aliphatic rings. The van der Waals surface area contributed by atoms with Crippen molar-refractivity contribution >= 4 is 40.5 Å². The summed E-state index contributed by atoms with van der Waals surface area (Å²) in [6, 6.07) is 9.22. The topological polar surface area (TPSA) is 75.4 Å². The lowest BCUT2D eigenvalue weighted by Gasteiger charge is -2.09. The molecule has 0 saturated carbocycles. The number of rotatable bonds is 2. The van der Waals surface area contributed by atoms with Crippen LogP contribution in [0.3, 0.4) is 0 Å². The number of para-hydroxylation sites is 2. The van der Waals surface area contributed by atoms with E-state index >= 15 is 0 Å². The number of nitrogens with one attached hydrogen (secondary N) is 1. The van der Waals surface area contributed by atoms with Crippen molar-refractivity contribution in [2.45, 2.75) is 0 Å². The van der Waals surface area contributed by atoms with E-state index in [0.29, 0.717) is 5.69 Å². The maximum atomic E-state index is 12.0. The van der Waals surface area contributed by atoms with Gasteiger partial charge in [0.05, 0.1) is 21.4 Å². The van der Waals surface area contributed by atoms with Gasteiger partial charge in [0.25, 0.3) is 5.91 Å². The molecule has 4 N–H and O–H groups in total. The number of carbonyl (C=O) groups is 1. The first-order valence-corrected chi connectivity index (χ1v) is 6.08. The molecule has 0 aliphatic carbocycles. The van der Waals surface area contributed by atoms with E-state index in [0.717, 1.165) is 0 Å². The summed E-state index contributed by atoms with van der Waals surface area (Å²) in [5.41, 5.74) is 6.38. The van der Waals surface area contributed by atoms with Crippen molar-refractivity contribution in [2.75, 3.05) is 11.1 Å². The lowest BCUT2D eigenvalue weighted by molar-refractivity contribution is 0.102. The third kappa shape index (κ3) is 2.92. The van der Waals surface area contributed by atoms with Crippen LogP contribution in [0.5, 0.6) is 5.75 Å². The highest BCUT2D eigenvalue weighted by Crippen LogP contribution is 2.29. The molecule has 0 fully saturated rings. The van der Waals surface area contributed by atoms with Crippen LogP contribution in [0.15, 0.2) is 36.4 Å². The van der Waals surface area contributed by atoms with Crippen molar-refractivity contribution < 1.29 is 9.90 Å². The standard InChI is InChI=1S/C13H10Cl2N2O2/c14-8-5-7(6-9(15)12(8)16)13(19)17-10-3-1-2-4-11(10)18/h1-6,18H,16H2,(H,17,19). The van der Waals surface area contributed by atoms with E-state index in [1.807, 2.05) is 0 Å². The van der Waals surface area contributed by atoms with Crippen molar-refractivity contribution in [3.8, 4) is 5.75 Å². The first kappa shape index (κ1) is 13.5. The van der Waals surface area contributed by atoms with E-state index in [9.17, 15) is 9.90 Å². The van der Waals surface area contributed by atoms with Gasteiger partial charge in [-0.1, -0.05) is 35.3 Å². The van der Waals surface area contributed by atoms with Crippen molar-refractivity contribution in [3.05, 3.63) is 52.0 Å². The van der Waals surface area contributed by atoms with Crippen molar-refractivity contribution in [1.82, 2.24) is 0 Å². The fourth-order valence-corrected chi connectivity index (χ4v) is 1.98. The van der Waals surface area contributed by atoms with Crippen molar-refractivity contribution in [2.24, 2.45) is 0 Å². The zero-order chi connectivity index (χ0) is 14.0. The fraction of sp³-hybridized carbons (Fsp3) is 0. The number of nitrogen functional groups attached to an aromatic ring is 1. The molecule has 0 atom stereocenters. The van der Waals surface area contributed by atoms with Crippen LogP contribution in [-0.2, 0) is 0 Å². The van der Waals surface area contributed by atoms with Gasteiger partial charge >= 0.3 is 0 Å². The highest BCUT2D eigenvalue weighted by Gasteiger charge is 2.12. The quantitative estimate of drug-likeness (QED) is 0.586. The molecule has 0 heterocycles. The van der Waals surface area contributed by atoms with E-state index in [1.165, 1.54) is 18.2 Å². The Bertz CT molecular complexity index is 621. The molecule has 0 unspecified atom stereocenters. The Kier molecular flexibility index (Phi) is 3.83. The molecule has 2 aromatic rings. The Labute approximate surface area is 119 Å².